The number of carbonyl (C=O) groups is 3. The number of fused-ring (bicyclic) bond motifs is 1. The second-order valence-electron chi connectivity index (χ2n) is 6.80. The van der Waals surface area contributed by atoms with Crippen molar-refractivity contribution in [3.8, 4) is 0 Å². The molecule has 2 aromatic rings. The first kappa shape index (κ1) is 22.4. The molecule has 2 aromatic heterocycles. The number of β-lactam (4-membered cyclic amide) rings is 1. The standard InChI is InChI=1S/C19H19N5O5S3/c1-9-10(7-31-18(27)12-4-3-5-29-12)6-30-17-14(16(26)24(9)17)22-15(25)13(23-28-2)11-8-32-19(20)21-11/h3-5,8,14,17H,6-7H2,1-2H3,(H2,20,21)(H,22,25)/b23-13+/t14-,17?/m1/s1. The van der Waals surface area contributed by atoms with E-state index in [0.717, 1.165) is 23.0 Å². The molecule has 4 rings (SSSR count). The number of rotatable bonds is 7. The zero-order chi connectivity index (χ0) is 22.8. The lowest BCUT2D eigenvalue weighted by molar-refractivity contribution is -0.144. The van der Waals surface area contributed by atoms with Gasteiger partial charge >= 0.3 is 0 Å². The number of nitrogens with one attached hydrogen (secondary N) is 1. The van der Waals surface area contributed by atoms with Crippen LogP contribution in [0.25, 0.3) is 0 Å². The number of carbonyl (C=O) groups excluding carboxylic acids is 3. The third kappa shape index (κ3) is 4.27. The van der Waals surface area contributed by atoms with Crippen molar-refractivity contribution < 1.29 is 23.6 Å². The number of nitrogens with zero attached hydrogens (tertiary/aromatic N) is 3. The first-order valence-electron chi connectivity index (χ1n) is 9.38. The Morgan fingerprint density at radius 3 is 2.97 bits per heavy atom. The molecule has 0 radical (unpaired) electrons. The van der Waals surface area contributed by atoms with E-state index in [1.54, 1.807) is 22.4 Å². The largest absolute Gasteiger partial charge is 0.460 e. The van der Waals surface area contributed by atoms with E-state index in [0.29, 0.717) is 22.4 Å². The third-order valence-corrected chi connectivity index (χ3v) is 7.86. The number of thioether (sulfide) groups is 2. The SMILES string of the molecule is CO/N=C(/C(=O)N[C@@H]1C(=O)N2C(C)=C(CSC(=O)c3ccco3)CSC12)c1csc(N)n1. The number of amides is 2. The lowest BCUT2D eigenvalue weighted by atomic mass is 10.0. The highest BCUT2D eigenvalue weighted by atomic mass is 32.2. The lowest BCUT2D eigenvalue weighted by Gasteiger charge is -2.50. The molecule has 0 aromatic carbocycles. The Balaban J connectivity index is 1.40. The molecule has 10 nitrogen and oxygen atoms in total. The van der Waals surface area contributed by atoms with Gasteiger partial charge in [-0.05, 0) is 24.6 Å². The lowest BCUT2D eigenvalue weighted by Crippen LogP contribution is -2.70. The Hall–Kier alpha value is -2.77. The smallest absolute Gasteiger partial charge is 0.276 e. The summed E-state index contributed by atoms with van der Waals surface area (Å²) >= 11 is 3.84. The van der Waals surface area contributed by atoms with Gasteiger partial charge in [0, 0.05) is 22.6 Å². The minimum absolute atomic E-state index is 0.0479. The van der Waals surface area contributed by atoms with Crippen molar-refractivity contribution in [2.24, 2.45) is 5.16 Å². The molecule has 4 heterocycles. The molecule has 2 atom stereocenters. The average Bonchev–Trinajstić information content (AvgIpc) is 3.46. The van der Waals surface area contributed by atoms with Crippen LogP contribution in [-0.4, -0.2) is 62.6 Å². The van der Waals surface area contributed by atoms with Crippen LogP contribution in [0.5, 0.6) is 0 Å². The second kappa shape index (κ2) is 9.38. The van der Waals surface area contributed by atoms with E-state index in [1.807, 2.05) is 6.92 Å². The fourth-order valence-electron chi connectivity index (χ4n) is 3.25. The molecular weight excluding hydrogens is 474 g/mol. The molecule has 0 saturated carbocycles. The number of oxime groups is 1. The summed E-state index contributed by atoms with van der Waals surface area (Å²) in [6.07, 6.45) is 1.46. The van der Waals surface area contributed by atoms with Crippen LogP contribution in [-0.2, 0) is 14.4 Å². The van der Waals surface area contributed by atoms with Crippen molar-refractivity contribution in [3.05, 3.63) is 46.5 Å². The van der Waals surface area contributed by atoms with Gasteiger partial charge in [0.15, 0.2) is 16.6 Å². The highest BCUT2D eigenvalue weighted by Gasteiger charge is 2.51. The Labute approximate surface area is 195 Å². The Kier molecular flexibility index (Phi) is 6.58. The molecule has 32 heavy (non-hydrogen) atoms. The first-order chi connectivity index (χ1) is 15.4. The highest BCUT2D eigenvalue weighted by molar-refractivity contribution is 8.14. The number of nitrogen functional groups attached to an aromatic ring is 1. The molecule has 2 aliphatic heterocycles. The molecule has 2 aliphatic rings. The number of hydrogen-bond acceptors (Lipinski definition) is 11. The quantitative estimate of drug-likeness (QED) is 0.336. The Morgan fingerprint density at radius 2 is 2.31 bits per heavy atom. The molecule has 168 valence electrons. The maximum Gasteiger partial charge on any atom is 0.276 e. The molecular formula is C19H19N5O5S3. The predicted molar refractivity (Wildman–Crippen MR) is 123 cm³/mol. The number of thiazole rings is 1. The molecule has 3 N–H and O–H groups in total. The summed E-state index contributed by atoms with van der Waals surface area (Å²) in [5, 5.41) is 7.98. The number of hydrogen-bond donors (Lipinski definition) is 2. The number of allylic oxidation sites excluding steroid dienone is 1. The molecule has 0 spiro atoms. The van der Waals surface area contributed by atoms with E-state index in [1.165, 1.54) is 36.5 Å². The summed E-state index contributed by atoms with van der Waals surface area (Å²) in [7, 11) is 1.32. The van der Waals surface area contributed by atoms with Gasteiger partial charge in [-0.1, -0.05) is 16.9 Å². The van der Waals surface area contributed by atoms with E-state index in [9.17, 15) is 14.4 Å². The van der Waals surface area contributed by atoms with Crippen molar-refractivity contribution in [1.82, 2.24) is 15.2 Å². The zero-order valence-electron chi connectivity index (χ0n) is 17.1. The minimum Gasteiger partial charge on any atom is -0.460 e. The maximum absolute atomic E-state index is 12.8. The second-order valence-corrected chi connectivity index (χ2v) is 9.74. The van der Waals surface area contributed by atoms with Crippen molar-refractivity contribution in [2.45, 2.75) is 18.3 Å². The van der Waals surface area contributed by atoms with E-state index in [4.69, 9.17) is 15.0 Å². The normalized spacial score (nSPS) is 20.6. The van der Waals surface area contributed by atoms with E-state index >= 15 is 0 Å². The third-order valence-electron chi connectivity index (χ3n) is 4.89. The van der Waals surface area contributed by atoms with E-state index in [-0.39, 0.29) is 27.8 Å². The first-order valence-corrected chi connectivity index (χ1v) is 12.3. The molecule has 1 unspecified atom stereocenters. The summed E-state index contributed by atoms with van der Waals surface area (Å²) in [4.78, 5) is 48.2. The number of anilines is 1. The molecule has 1 saturated heterocycles. The van der Waals surface area contributed by atoms with Gasteiger partial charge in [0.25, 0.3) is 16.9 Å². The van der Waals surface area contributed by atoms with Crippen LogP contribution in [0.15, 0.2) is 44.6 Å². The Morgan fingerprint density at radius 1 is 1.50 bits per heavy atom. The van der Waals surface area contributed by atoms with Crippen LogP contribution in [0, 0.1) is 0 Å². The number of nitrogens with two attached hydrogens (primary N) is 1. The fourth-order valence-corrected chi connectivity index (χ4v) is 6.27. The van der Waals surface area contributed by atoms with Gasteiger partial charge in [-0.25, -0.2) is 4.98 Å². The summed E-state index contributed by atoms with van der Waals surface area (Å²) < 4.78 is 5.12. The Bertz CT molecular complexity index is 1110. The van der Waals surface area contributed by atoms with Crippen molar-refractivity contribution in [1.29, 1.82) is 0 Å². The van der Waals surface area contributed by atoms with Gasteiger partial charge in [0.05, 0.1) is 6.26 Å². The monoisotopic (exact) mass is 493 g/mol. The topological polar surface area (TPSA) is 140 Å². The fraction of sp³-hybridized carbons (Fsp3) is 0.316. The van der Waals surface area contributed by atoms with Crippen LogP contribution >= 0.6 is 34.9 Å². The van der Waals surface area contributed by atoms with Crippen LogP contribution in [0.2, 0.25) is 0 Å². The van der Waals surface area contributed by atoms with Gasteiger partial charge in [-0.3, -0.25) is 19.3 Å². The summed E-state index contributed by atoms with van der Waals surface area (Å²) in [5.74, 6) is 0.618. The van der Waals surface area contributed by atoms with Gasteiger partial charge < -0.3 is 20.3 Å². The molecule has 0 aliphatic carbocycles. The van der Waals surface area contributed by atoms with Crippen molar-refractivity contribution >= 4 is 62.6 Å². The maximum atomic E-state index is 12.8. The summed E-state index contributed by atoms with van der Waals surface area (Å²) in [5.41, 5.74) is 7.68. The van der Waals surface area contributed by atoms with E-state index < -0.39 is 11.9 Å². The minimum atomic E-state index is -0.695. The predicted octanol–water partition coefficient (Wildman–Crippen LogP) is 1.92. The van der Waals surface area contributed by atoms with Crippen molar-refractivity contribution in [3.63, 3.8) is 0 Å². The average molecular weight is 494 g/mol. The van der Waals surface area contributed by atoms with Crippen LogP contribution in [0.4, 0.5) is 5.13 Å². The molecule has 0 bridgehead atoms. The molecule has 2 amide bonds. The zero-order valence-corrected chi connectivity index (χ0v) is 19.5. The van der Waals surface area contributed by atoms with Crippen molar-refractivity contribution in [2.75, 3.05) is 24.3 Å². The van der Waals surface area contributed by atoms with Crippen LogP contribution < -0.4 is 11.1 Å². The molecule has 1 fully saturated rings. The summed E-state index contributed by atoms with van der Waals surface area (Å²) in [6, 6.07) is 2.59. The van der Waals surface area contributed by atoms with Crippen LogP contribution in [0.1, 0.15) is 23.2 Å². The van der Waals surface area contributed by atoms with Gasteiger partial charge in [0.1, 0.15) is 24.2 Å². The molecule has 13 heteroatoms. The summed E-state index contributed by atoms with van der Waals surface area (Å²) in [6.45, 7) is 1.85. The van der Waals surface area contributed by atoms with Crippen LogP contribution in [0.3, 0.4) is 0 Å². The highest BCUT2D eigenvalue weighted by Crippen LogP contribution is 2.41. The van der Waals surface area contributed by atoms with Gasteiger partial charge in [0.2, 0.25) is 0 Å². The van der Waals surface area contributed by atoms with Gasteiger partial charge in [-0.15, -0.1) is 23.1 Å². The van der Waals surface area contributed by atoms with E-state index in [2.05, 4.69) is 15.5 Å². The van der Waals surface area contributed by atoms with Gasteiger partial charge in [-0.2, -0.15) is 0 Å². The number of aromatic nitrogens is 1. The number of furan rings is 1.